The summed E-state index contributed by atoms with van der Waals surface area (Å²) in [4.78, 5) is 25.0. The van der Waals surface area contributed by atoms with E-state index in [2.05, 4.69) is 19.9 Å². The number of ether oxygens (including phenoxy) is 3. The van der Waals surface area contributed by atoms with Gasteiger partial charge in [-0.2, -0.15) is 0 Å². The SMILES string of the molecule is COc1ccc([C@H](C)OC(=O)[C@H]2CC[C@H]3[C@@H]4CC=C5C[C@@H](OC(C)=O)CC[C@]5(C)[C@H]4CC[C@]23C)cc1. The third-order valence-electron chi connectivity index (χ3n) is 10.6. The monoisotopic (exact) mass is 494 g/mol. The van der Waals surface area contributed by atoms with Crippen LogP contribution in [0.15, 0.2) is 35.9 Å². The lowest BCUT2D eigenvalue weighted by Gasteiger charge is -2.57. The highest BCUT2D eigenvalue weighted by Gasteiger charge is 2.60. The third kappa shape index (κ3) is 4.26. The Labute approximate surface area is 216 Å². The quantitative estimate of drug-likeness (QED) is 0.332. The second-order valence-electron chi connectivity index (χ2n) is 12.3. The number of benzene rings is 1. The summed E-state index contributed by atoms with van der Waals surface area (Å²) in [6, 6.07) is 7.78. The van der Waals surface area contributed by atoms with E-state index in [1.54, 1.807) is 7.11 Å². The summed E-state index contributed by atoms with van der Waals surface area (Å²) in [6.45, 7) is 8.30. The van der Waals surface area contributed by atoms with Gasteiger partial charge in [0.1, 0.15) is 18.0 Å². The molecule has 5 rings (SSSR count). The van der Waals surface area contributed by atoms with Crippen LogP contribution in [0.25, 0.3) is 0 Å². The van der Waals surface area contributed by atoms with Crippen LogP contribution in [0.5, 0.6) is 5.75 Å². The fourth-order valence-electron chi connectivity index (χ4n) is 8.55. The summed E-state index contributed by atoms with van der Waals surface area (Å²) >= 11 is 0. The predicted molar refractivity (Wildman–Crippen MR) is 138 cm³/mol. The van der Waals surface area contributed by atoms with Crippen molar-refractivity contribution in [3.05, 3.63) is 41.5 Å². The topological polar surface area (TPSA) is 61.8 Å². The average Bonchev–Trinajstić information content (AvgIpc) is 3.21. The van der Waals surface area contributed by atoms with Crippen LogP contribution in [0.1, 0.15) is 90.7 Å². The summed E-state index contributed by atoms with van der Waals surface area (Å²) in [7, 11) is 1.65. The number of rotatable bonds is 5. The lowest BCUT2D eigenvalue weighted by atomic mass is 9.47. The van der Waals surface area contributed by atoms with Gasteiger partial charge in [0.2, 0.25) is 0 Å². The van der Waals surface area contributed by atoms with Gasteiger partial charge in [-0.1, -0.05) is 37.6 Å². The number of hydrogen-bond donors (Lipinski definition) is 0. The first kappa shape index (κ1) is 25.4. The standard InChI is InChI=1S/C31H42O5/c1-19(21-6-9-23(34-5)10-7-21)35-29(33)28-13-12-26-25-11-8-22-18-24(36-20(2)32)14-16-30(22,3)27(25)15-17-31(26,28)4/h6-10,19,24-28H,11-18H2,1-5H3/t19-,24-,25-,26-,27-,28+,30-,31-/m0/s1. The molecule has 1 aromatic rings. The molecular weight excluding hydrogens is 452 g/mol. The number of hydrogen-bond acceptors (Lipinski definition) is 5. The number of methoxy groups -OCH3 is 1. The zero-order valence-corrected chi connectivity index (χ0v) is 22.5. The summed E-state index contributed by atoms with van der Waals surface area (Å²) in [5.41, 5.74) is 2.71. The highest BCUT2D eigenvalue weighted by molar-refractivity contribution is 5.74. The Morgan fingerprint density at radius 3 is 2.44 bits per heavy atom. The van der Waals surface area contributed by atoms with Crippen LogP contribution in [0.4, 0.5) is 0 Å². The van der Waals surface area contributed by atoms with E-state index < -0.39 is 0 Å². The molecule has 0 unspecified atom stereocenters. The van der Waals surface area contributed by atoms with Crippen molar-refractivity contribution in [1.29, 1.82) is 0 Å². The Morgan fingerprint density at radius 1 is 1.00 bits per heavy atom. The summed E-state index contributed by atoms with van der Waals surface area (Å²) in [6.07, 6.45) is 10.6. The van der Waals surface area contributed by atoms with Crippen LogP contribution in [0.2, 0.25) is 0 Å². The van der Waals surface area contributed by atoms with Crippen molar-refractivity contribution >= 4 is 11.9 Å². The van der Waals surface area contributed by atoms with E-state index in [-0.39, 0.29) is 40.9 Å². The van der Waals surface area contributed by atoms with E-state index in [4.69, 9.17) is 14.2 Å². The molecule has 3 saturated carbocycles. The maximum absolute atomic E-state index is 13.5. The van der Waals surface area contributed by atoms with Crippen LogP contribution in [-0.4, -0.2) is 25.2 Å². The van der Waals surface area contributed by atoms with E-state index in [0.29, 0.717) is 17.8 Å². The van der Waals surface area contributed by atoms with Crippen molar-refractivity contribution in [2.75, 3.05) is 7.11 Å². The number of carbonyl (C=O) groups is 2. The van der Waals surface area contributed by atoms with E-state index >= 15 is 0 Å². The molecule has 0 N–H and O–H groups in total. The van der Waals surface area contributed by atoms with Crippen LogP contribution in [0.3, 0.4) is 0 Å². The molecule has 8 atom stereocenters. The Kier molecular flexibility index (Phi) is 6.72. The lowest BCUT2D eigenvalue weighted by Crippen LogP contribution is -2.51. The van der Waals surface area contributed by atoms with E-state index in [9.17, 15) is 9.59 Å². The molecule has 5 heteroatoms. The van der Waals surface area contributed by atoms with Crippen molar-refractivity contribution in [2.45, 2.75) is 91.3 Å². The number of fused-ring (bicyclic) bond motifs is 5. The largest absolute Gasteiger partial charge is 0.497 e. The van der Waals surface area contributed by atoms with Crippen LogP contribution in [0, 0.1) is 34.5 Å². The molecule has 0 radical (unpaired) electrons. The molecule has 4 aliphatic carbocycles. The molecule has 0 bridgehead atoms. The van der Waals surface area contributed by atoms with Gasteiger partial charge in [-0.05, 0) is 98.1 Å². The maximum Gasteiger partial charge on any atom is 0.310 e. The minimum atomic E-state index is -0.270. The Morgan fingerprint density at radius 2 is 1.75 bits per heavy atom. The van der Waals surface area contributed by atoms with E-state index in [1.807, 2.05) is 31.2 Å². The van der Waals surface area contributed by atoms with Gasteiger partial charge in [0.25, 0.3) is 0 Å². The van der Waals surface area contributed by atoms with Crippen molar-refractivity contribution in [3.63, 3.8) is 0 Å². The smallest absolute Gasteiger partial charge is 0.310 e. The normalized spacial score (nSPS) is 38.0. The van der Waals surface area contributed by atoms with Gasteiger partial charge in [0.15, 0.2) is 0 Å². The number of carbonyl (C=O) groups excluding carboxylic acids is 2. The Bertz CT molecular complexity index is 1030. The van der Waals surface area contributed by atoms with Crippen LogP contribution in [-0.2, 0) is 19.1 Å². The first-order chi connectivity index (χ1) is 17.2. The van der Waals surface area contributed by atoms with Gasteiger partial charge in [-0.15, -0.1) is 0 Å². The number of esters is 2. The van der Waals surface area contributed by atoms with E-state index in [0.717, 1.165) is 56.3 Å². The van der Waals surface area contributed by atoms with Gasteiger partial charge in [-0.3, -0.25) is 9.59 Å². The number of allylic oxidation sites excluding steroid dienone is 1. The molecule has 3 fully saturated rings. The van der Waals surface area contributed by atoms with Gasteiger partial charge in [-0.25, -0.2) is 0 Å². The van der Waals surface area contributed by atoms with Gasteiger partial charge in [0, 0.05) is 13.3 Å². The minimum absolute atomic E-state index is 0.00846. The zero-order chi connectivity index (χ0) is 25.7. The molecule has 196 valence electrons. The lowest BCUT2D eigenvalue weighted by molar-refractivity contribution is -0.161. The van der Waals surface area contributed by atoms with Gasteiger partial charge >= 0.3 is 11.9 Å². The van der Waals surface area contributed by atoms with Gasteiger partial charge in [0.05, 0.1) is 13.0 Å². The zero-order valence-electron chi connectivity index (χ0n) is 22.5. The van der Waals surface area contributed by atoms with Crippen LogP contribution >= 0.6 is 0 Å². The summed E-state index contributed by atoms with van der Waals surface area (Å²) in [5.74, 6) is 2.42. The van der Waals surface area contributed by atoms with Crippen molar-refractivity contribution < 1.29 is 23.8 Å². The third-order valence-corrected chi connectivity index (χ3v) is 10.6. The summed E-state index contributed by atoms with van der Waals surface area (Å²) in [5, 5.41) is 0. The second-order valence-corrected chi connectivity index (χ2v) is 12.3. The molecule has 0 saturated heterocycles. The molecular formula is C31H42O5. The van der Waals surface area contributed by atoms with Gasteiger partial charge < -0.3 is 14.2 Å². The second kappa shape index (κ2) is 9.54. The molecule has 0 amide bonds. The Balaban J connectivity index is 1.29. The molecule has 5 nitrogen and oxygen atoms in total. The molecule has 4 aliphatic rings. The fourth-order valence-corrected chi connectivity index (χ4v) is 8.55. The predicted octanol–water partition coefficient (Wildman–Crippen LogP) is 6.81. The summed E-state index contributed by atoms with van der Waals surface area (Å²) < 4.78 is 16.9. The molecule has 0 spiro atoms. The van der Waals surface area contributed by atoms with Crippen LogP contribution < -0.4 is 4.74 Å². The Hall–Kier alpha value is -2.30. The first-order valence-corrected chi connectivity index (χ1v) is 13.9. The minimum Gasteiger partial charge on any atom is -0.497 e. The average molecular weight is 495 g/mol. The van der Waals surface area contributed by atoms with Crippen molar-refractivity contribution in [1.82, 2.24) is 0 Å². The molecule has 0 heterocycles. The highest BCUT2D eigenvalue weighted by Crippen LogP contribution is 2.66. The van der Waals surface area contributed by atoms with Crippen molar-refractivity contribution in [2.24, 2.45) is 34.5 Å². The molecule has 36 heavy (non-hydrogen) atoms. The molecule has 0 aromatic heterocycles. The maximum atomic E-state index is 13.5. The highest BCUT2D eigenvalue weighted by atomic mass is 16.5. The first-order valence-electron chi connectivity index (χ1n) is 13.9. The van der Waals surface area contributed by atoms with Crippen molar-refractivity contribution in [3.8, 4) is 5.75 Å². The fraction of sp³-hybridized carbons (Fsp3) is 0.677. The molecule has 0 aliphatic heterocycles. The molecule has 1 aromatic carbocycles. The van der Waals surface area contributed by atoms with E-state index in [1.165, 1.54) is 18.9 Å².